The van der Waals surface area contributed by atoms with Crippen molar-refractivity contribution in [3.63, 3.8) is 0 Å². The number of fused-ring (bicyclic) bond motifs is 1. The predicted molar refractivity (Wildman–Crippen MR) is 82.0 cm³/mol. The van der Waals surface area contributed by atoms with Gasteiger partial charge < -0.3 is 4.90 Å². The highest BCUT2D eigenvalue weighted by molar-refractivity contribution is 5.84. The van der Waals surface area contributed by atoms with Crippen LogP contribution in [-0.2, 0) is 0 Å². The molecule has 3 rings (SSSR count). The van der Waals surface area contributed by atoms with Crippen LogP contribution in [0.1, 0.15) is 43.7 Å². The van der Waals surface area contributed by atoms with Crippen LogP contribution < -0.4 is 4.90 Å². The fraction of sp³-hybridized carbons (Fsp3) is 0.412. The summed E-state index contributed by atoms with van der Waals surface area (Å²) in [5, 5.41) is 10.5. The van der Waals surface area contributed by atoms with E-state index in [0.717, 1.165) is 29.8 Å². The highest BCUT2D eigenvalue weighted by Gasteiger charge is 2.18. The van der Waals surface area contributed by atoms with Crippen LogP contribution in [0.25, 0.3) is 10.9 Å². The zero-order valence-corrected chi connectivity index (χ0v) is 12.1. The summed E-state index contributed by atoms with van der Waals surface area (Å²) in [7, 11) is 0. The second kappa shape index (κ2) is 5.13. The first-order valence-electron chi connectivity index (χ1n) is 7.29. The van der Waals surface area contributed by atoms with Gasteiger partial charge in [-0.2, -0.15) is 5.26 Å². The normalized spacial score (nSPS) is 15.0. The van der Waals surface area contributed by atoms with Gasteiger partial charge in [0.15, 0.2) is 0 Å². The fourth-order valence-corrected chi connectivity index (χ4v) is 2.80. The van der Waals surface area contributed by atoms with Crippen molar-refractivity contribution in [1.82, 2.24) is 4.98 Å². The third-order valence-corrected chi connectivity index (χ3v) is 4.01. The van der Waals surface area contributed by atoms with E-state index >= 15 is 0 Å². The summed E-state index contributed by atoms with van der Waals surface area (Å²) in [4.78, 5) is 6.96. The molecule has 3 heteroatoms. The highest BCUT2D eigenvalue weighted by atomic mass is 15.2. The number of nitriles is 1. The largest absolute Gasteiger partial charge is 0.356 e. The van der Waals surface area contributed by atoms with Gasteiger partial charge in [0.05, 0.1) is 11.1 Å². The van der Waals surface area contributed by atoms with E-state index in [9.17, 15) is 5.26 Å². The number of pyridine rings is 1. The van der Waals surface area contributed by atoms with Crippen LogP contribution in [0, 0.1) is 11.3 Å². The lowest BCUT2D eigenvalue weighted by Gasteiger charge is -2.18. The van der Waals surface area contributed by atoms with Crippen LogP contribution in [0.3, 0.4) is 0 Å². The molecule has 1 fully saturated rings. The minimum absolute atomic E-state index is 0.489. The third kappa shape index (κ3) is 2.22. The molecular formula is C17H19N3. The van der Waals surface area contributed by atoms with Gasteiger partial charge in [-0.3, -0.25) is 0 Å². The standard InChI is InChI=1S/C17H19N3/c1-12(2)13-5-6-16-14(9-13)10-15(11-18)17(19-16)20-7-3-4-8-20/h5-6,9-10,12H,3-4,7-8H2,1-2H3. The molecule has 0 spiro atoms. The van der Waals surface area contributed by atoms with Gasteiger partial charge in [0.1, 0.15) is 11.9 Å². The molecule has 2 aromatic rings. The van der Waals surface area contributed by atoms with Gasteiger partial charge in [0, 0.05) is 18.5 Å². The molecule has 1 aliphatic heterocycles. The predicted octanol–water partition coefficient (Wildman–Crippen LogP) is 3.83. The Kier molecular flexibility index (Phi) is 3.31. The summed E-state index contributed by atoms with van der Waals surface area (Å²) in [5.74, 6) is 1.35. The molecule has 0 aliphatic carbocycles. The minimum atomic E-state index is 0.489. The summed E-state index contributed by atoms with van der Waals surface area (Å²) in [6, 6.07) is 10.7. The first-order chi connectivity index (χ1) is 9.69. The van der Waals surface area contributed by atoms with E-state index in [-0.39, 0.29) is 0 Å². The van der Waals surface area contributed by atoms with Gasteiger partial charge in [-0.05, 0) is 42.5 Å². The quantitative estimate of drug-likeness (QED) is 0.828. The van der Waals surface area contributed by atoms with Gasteiger partial charge in [-0.1, -0.05) is 19.9 Å². The molecule has 0 amide bonds. The molecule has 0 unspecified atom stereocenters. The van der Waals surface area contributed by atoms with Crippen LogP contribution in [0.2, 0.25) is 0 Å². The number of nitrogens with zero attached hydrogens (tertiary/aromatic N) is 3. The molecule has 20 heavy (non-hydrogen) atoms. The van der Waals surface area contributed by atoms with E-state index in [1.807, 2.05) is 6.07 Å². The van der Waals surface area contributed by atoms with Gasteiger partial charge in [0.25, 0.3) is 0 Å². The second-order valence-electron chi connectivity index (χ2n) is 5.77. The Labute approximate surface area is 119 Å². The summed E-state index contributed by atoms with van der Waals surface area (Å²) in [6.45, 7) is 6.38. The number of hydrogen-bond acceptors (Lipinski definition) is 3. The summed E-state index contributed by atoms with van der Waals surface area (Å²) < 4.78 is 0. The van der Waals surface area contributed by atoms with Gasteiger partial charge >= 0.3 is 0 Å². The Morgan fingerprint density at radius 3 is 2.60 bits per heavy atom. The molecule has 1 aromatic heterocycles. The van der Waals surface area contributed by atoms with E-state index < -0.39 is 0 Å². The van der Waals surface area contributed by atoms with Crippen molar-refractivity contribution in [3.8, 4) is 6.07 Å². The number of hydrogen-bond donors (Lipinski definition) is 0. The van der Waals surface area contributed by atoms with E-state index in [1.54, 1.807) is 0 Å². The van der Waals surface area contributed by atoms with Gasteiger partial charge in [0.2, 0.25) is 0 Å². The van der Waals surface area contributed by atoms with Crippen molar-refractivity contribution in [2.45, 2.75) is 32.6 Å². The Bertz CT molecular complexity index is 676. The van der Waals surface area contributed by atoms with Crippen molar-refractivity contribution in [3.05, 3.63) is 35.4 Å². The number of benzene rings is 1. The lowest BCUT2D eigenvalue weighted by atomic mass is 10.0. The maximum atomic E-state index is 9.40. The summed E-state index contributed by atoms with van der Waals surface area (Å²) in [5.41, 5.74) is 2.97. The smallest absolute Gasteiger partial charge is 0.147 e. The lowest BCUT2D eigenvalue weighted by Crippen LogP contribution is -2.20. The average molecular weight is 265 g/mol. The topological polar surface area (TPSA) is 39.9 Å². The Balaban J connectivity index is 2.13. The molecule has 1 saturated heterocycles. The molecule has 0 N–H and O–H groups in total. The molecule has 2 heterocycles. The first-order valence-corrected chi connectivity index (χ1v) is 7.29. The van der Waals surface area contributed by atoms with E-state index in [2.05, 4.69) is 43.0 Å². The van der Waals surface area contributed by atoms with Crippen molar-refractivity contribution < 1.29 is 0 Å². The molecule has 3 nitrogen and oxygen atoms in total. The first kappa shape index (κ1) is 12.9. The maximum Gasteiger partial charge on any atom is 0.147 e. The van der Waals surface area contributed by atoms with E-state index in [0.29, 0.717) is 11.5 Å². The summed E-state index contributed by atoms with van der Waals surface area (Å²) in [6.07, 6.45) is 2.38. The van der Waals surface area contributed by atoms with Crippen LogP contribution in [0.4, 0.5) is 5.82 Å². The van der Waals surface area contributed by atoms with Crippen LogP contribution >= 0.6 is 0 Å². The van der Waals surface area contributed by atoms with Crippen molar-refractivity contribution in [2.24, 2.45) is 0 Å². The molecule has 1 aromatic carbocycles. The van der Waals surface area contributed by atoms with E-state index in [1.165, 1.54) is 18.4 Å². The summed E-state index contributed by atoms with van der Waals surface area (Å²) >= 11 is 0. The molecule has 0 radical (unpaired) electrons. The minimum Gasteiger partial charge on any atom is -0.356 e. The van der Waals surface area contributed by atoms with Crippen LogP contribution in [0.5, 0.6) is 0 Å². The Morgan fingerprint density at radius 2 is 1.95 bits per heavy atom. The van der Waals surface area contributed by atoms with Crippen LogP contribution in [-0.4, -0.2) is 18.1 Å². The maximum absolute atomic E-state index is 9.40. The average Bonchev–Trinajstić information content (AvgIpc) is 2.99. The van der Waals surface area contributed by atoms with Gasteiger partial charge in [-0.25, -0.2) is 4.98 Å². The zero-order chi connectivity index (χ0) is 14.1. The zero-order valence-electron chi connectivity index (χ0n) is 12.1. The molecule has 102 valence electrons. The fourth-order valence-electron chi connectivity index (χ4n) is 2.80. The molecule has 0 saturated carbocycles. The Morgan fingerprint density at radius 1 is 1.20 bits per heavy atom. The Hall–Kier alpha value is -2.08. The highest BCUT2D eigenvalue weighted by Crippen LogP contribution is 2.27. The van der Waals surface area contributed by atoms with Gasteiger partial charge in [-0.15, -0.1) is 0 Å². The monoisotopic (exact) mass is 265 g/mol. The molecule has 0 atom stereocenters. The SMILES string of the molecule is CC(C)c1ccc2nc(N3CCCC3)c(C#N)cc2c1. The number of anilines is 1. The molecule has 1 aliphatic rings. The second-order valence-corrected chi connectivity index (χ2v) is 5.77. The number of aromatic nitrogens is 1. The third-order valence-electron chi connectivity index (χ3n) is 4.01. The molecular weight excluding hydrogens is 246 g/mol. The van der Waals surface area contributed by atoms with Crippen molar-refractivity contribution >= 4 is 16.7 Å². The van der Waals surface area contributed by atoms with E-state index in [4.69, 9.17) is 4.98 Å². The molecule has 0 bridgehead atoms. The number of rotatable bonds is 2. The van der Waals surface area contributed by atoms with Crippen molar-refractivity contribution in [1.29, 1.82) is 5.26 Å². The van der Waals surface area contributed by atoms with Crippen LogP contribution in [0.15, 0.2) is 24.3 Å². The lowest BCUT2D eigenvalue weighted by molar-refractivity contribution is 0.868. The van der Waals surface area contributed by atoms with Crippen molar-refractivity contribution in [2.75, 3.05) is 18.0 Å².